The van der Waals surface area contributed by atoms with Gasteiger partial charge in [-0.1, -0.05) is 23.4 Å². The van der Waals surface area contributed by atoms with E-state index in [4.69, 9.17) is 4.52 Å². The van der Waals surface area contributed by atoms with Gasteiger partial charge in [0.15, 0.2) is 5.82 Å². The van der Waals surface area contributed by atoms with Crippen LogP contribution in [0.2, 0.25) is 0 Å². The first-order valence-corrected chi connectivity index (χ1v) is 8.78. The van der Waals surface area contributed by atoms with Crippen LogP contribution in [0.5, 0.6) is 0 Å². The average molecular weight is 368 g/mol. The molecule has 0 unspecified atom stereocenters. The smallest absolute Gasteiger partial charge is 0.272 e. The van der Waals surface area contributed by atoms with Crippen LogP contribution in [0.1, 0.15) is 22.2 Å². The molecule has 9 nitrogen and oxygen atoms in total. The Morgan fingerprint density at radius 1 is 1.19 bits per heavy atom. The summed E-state index contributed by atoms with van der Waals surface area (Å²) >= 11 is 0. The van der Waals surface area contributed by atoms with Crippen LogP contribution in [0, 0.1) is 6.92 Å². The van der Waals surface area contributed by atoms with E-state index in [-0.39, 0.29) is 11.5 Å². The highest BCUT2D eigenvalue weighted by Gasteiger charge is 2.24. The van der Waals surface area contributed by atoms with Crippen molar-refractivity contribution in [3.63, 3.8) is 0 Å². The van der Waals surface area contributed by atoms with E-state index < -0.39 is 0 Å². The summed E-state index contributed by atoms with van der Waals surface area (Å²) in [5, 5.41) is 6.82. The molecule has 0 aliphatic carbocycles. The predicted octanol–water partition coefficient (Wildman–Crippen LogP) is 0.815. The third-order valence-electron chi connectivity index (χ3n) is 4.56. The summed E-state index contributed by atoms with van der Waals surface area (Å²) in [4.78, 5) is 33.1. The van der Waals surface area contributed by atoms with E-state index in [1.807, 2.05) is 30.3 Å². The van der Waals surface area contributed by atoms with E-state index in [2.05, 4.69) is 20.1 Å². The number of nitrogens with zero attached hydrogens (tertiary/aromatic N) is 5. The zero-order valence-electron chi connectivity index (χ0n) is 15.0. The molecule has 3 heterocycles. The first kappa shape index (κ1) is 17.2. The molecule has 1 saturated heterocycles. The number of para-hydroxylation sites is 1. The quantitative estimate of drug-likeness (QED) is 0.732. The molecule has 9 heteroatoms. The van der Waals surface area contributed by atoms with Crippen molar-refractivity contribution in [2.45, 2.75) is 13.5 Å². The normalized spacial score (nSPS) is 15.2. The first-order valence-electron chi connectivity index (χ1n) is 8.78. The summed E-state index contributed by atoms with van der Waals surface area (Å²) in [7, 11) is 0. The number of aromatic nitrogens is 4. The molecule has 4 rings (SSSR count). The van der Waals surface area contributed by atoms with Gasteiger partial charge in [-0.3, -0.25) is 19.6 Å². The summed E-state index contributed by atoms with van der Waals surface area (Å²) in [5.41, 5.74) is 0.739. The van der Waals surface area contributed by atoms with E-state index in [9.17, 15) is 9.59 Å². The molecule has 1 fully saturated rings. The summed E-state index contributed by atoms with van der Waals surface area (Å²) < 4.78 is 6.36. The Morgan fingerprint density at radius 2 is 1.93 bits per heavy atom. The minimum atomic E-state index is -0.254. The summed E-state index contributed by atoms with van der Waals surface area (Å²) in [6.07, 6.45) is 0. The Balaban J connectivity index is 1.40. The summed E-state index contributed by atoms with van der Waals surface area (Å²) in [6, 6.07) is 10.5. The van der Waals surface area contributed by atoms with Crippen LogP contribution in [-0.4, -0.2) is 61.8 Å². The fraction of sp³-hybridized carbons (Fsp3) is 0.333. The molecule has 0 radical (unpaired) electrons. The van der Waals surface area contributed by atoms with Gasteiger partial charge in [0.1, 0.15) is 5.69 Å². The molecule has 3 aromatic rings. The number of nitrogens with one attached hydrogen (secondary N) is 1. The molecule has 1 aliphatic heterocycles. The lowest BCUT2D eigenvalue weighted by atomic mass is 10.2. The van der Waals surface area contributed by atoms with E-state index in [0.29, 0.717) is 55.8 Å². The van der Waals surface area contributed by atoms with Crippen LogP contribution in [0.4, 0.5) is 0 Å². The summed E-state index contributed by atoms with van der Waals surface area (Å²) in [5.74, 6) is 1.03. The van der Waals surface area contributed by atoms with Gasteiger partial charge in [-0.25, -0.2) is 4.68 Å². The number of H-pyrrole nitrogens is 1. The summed E-state index contributed by atoms with van der Waals surface area (Å²) in [6.45, 7) is 4.93. The lowest BCUT2D eigenvalue weighted by Crippen LogP contribution is -2.48. The molecule has 140 valence electrons. The van der Waals surface area contributed by atoms with Crippen molar-refractivity contribution in [3.05, 3.63) is 64.2 Å². The highest BCUT2D eigenvalue weighted by molar-refractivity contribution is 5.92. The van der Waals surface area contributed by atoms with Gasteiger partial charge >= 0.3 is 0 Å². The average Bonchev–Trinajstić information content (AvgIpc) is 3.28. The highest BCUT2D eigenvalue weighted by Crippen LogP contribution is 2.10. The minimum Gasteiger partial charge on any atom is -0.340 e. The maximum absolute atomic E-state index is 12.7. The Bertz CT molecular complexity index is 982. The number of benzene rings is 1. The van der Waals surface area contributed by atoms with Crippen LogP contribution < -0.4 is 5.56 Å². The maximum atomic E-state index is 12.7. The molecule has 0 spiro atoms. The van der Waals surface area contributed by atoms with Gasteiger partial charge in [-0.05, 0) is 12.1 Å². The molecular formula is C18H20N6O3. The Labute approximate surface area is 155 Å². The second-order valence-electron chi connectivity index (χ2n) is 6.48. The van der Waals surface area contributed by atoms with Crippen LogP contribution in [0.15, 0.2) is 45.7 Å². The number of piperazine rings is 1. The molecule has 1 aliphatic rings. The second kappa shape index (κ2) is 7.20. The van der Waals surface area contributed by atoms with E-state index in [1.165, 1.54) is 10.7 Å². The number of hydrogen-bond donors (Lipinski definition) is 1. The van der Waals surface area contributed by atoms with Crippen molar-refractivity contribution in [1.82, 2.24) is 29.7 Å². The number of carbonyl (C=O) groups is 1. The van der Waals surface area contributed by atoms with Crippen molar-refractivity contribution >= 4 is 5.91 Å². The topological polar surface area (TPSA) is 100 Å². The Morgan fingerprint density at radius 3 is 2.59 bits per heavy atom. The van der Waals surface area contributed by atoms with Gasteiger partial charge in [0.25, 0.3) is 11.5 Å². The number of carbonyl (C=O) groups excluding carboxylic acids is 1. The van der Waals surface area contributed by atoms with Crippen molar-refractivity contribution < 1.29 is 9.32 Å². The Hall–Kier alpha value is -3.20. The van der Waals surface area contributed by atoms with Gasteiger partial charge < -0.3 is 9.42 Å². The molecular weight excluding hydrogens is 348 g/mol. The third kappa shape index (κ3) is 3.68. The molecule has 0 atom stereocenters. The van der Waals surface area contributed by atoms with E-state index >= 15 is 0 Å². The van der Waals surface area contributed by atoms with Crippen molar-refractivity contribution in [2.24, 2.45) is 0 Å². The van der Waals surface area contributed by atoms with Crippen molar-refractivity contribution in [1.29, 1.82) is 0 Å². The fourth-order valence-corrected chi connectivity index (χ4v) is 3.16. The van der Waals surface area contributed by atoms with Gasteiger partial charge in [0.05, 0.1) is 12.2 Å². The lowest BCUT2D eigenvalue weighted by Gasteiger charge is -2.33. The number of aromatic amines is 1. The lowest BCUT2D eigenvalue weighted by molar-refractivity contribution is 0.0618. The fourth-order valence-electron chi connectivity index (χ4n) is 3.16. The molecule has 1 amide bonds. The Kier molecular flexibility index (Phi) is 4.59. The molecule has 27 heavy (non-hydrogen) atoms. The van der Waals surface area contributed by atoms with Crippen LogP contribution in [0.3, 0.4) is 0 Å². The highest BCUT2D eigenvalue weighted by atomic mass is 16.5. The van der Waals surface area contributed by atoms with Crippen LogP contribution in [-0.2, 0) is 6.54 Å². The standard InChI is InChI=1S/C18H20N6O3/c1-13-19-16(21-27-13)12-22-7-9-23(10-8-22)18(26)15-11-17(25)24(20-15)14-5-3-2-4-6-14/h2-6,11,20H,7-10,12H2,1H3. The SMILES string of the molecule is Cc1nc(CN2CCN(C(=O)c3cc(=O)n(-c4ccccc4)[nH]3)CC2)no1. The minimum absolute atomic E-state index is 0.170. The van der Waals surface area contributed by atoms with Gasteiger partial charge in [-0.2, -0.15) is 4.98 Å². The zero-order chi connectivity index (χ0) is 18.8. The molecule has 2 aromatic heterocycles. The van der Waals surface area contributed by atoms with Gasteiger partial charge in [0, 0.05) is 39.2 Å². The van der Waals surface area contributed by atoms with E-state index in [0.717, 1.165) is 0 Å². The van der Waals surface area contributed by atoms with Gasteiger partial charge in [0.2, 0.25) is 5.89 Å². The molecule has 1 N–H and O–H groups in total. The van der Waals surface area contributed by atoms with Gasteiger partial charge in [-0.15, -0.1) is 0 Å². The third-order valence-corrected chi connectivity index (χ3v) is 4.56. The van der Waals surface area contributed by atoms with E-state index in [1.54, 1.807) is 11.8 Å². The van der Waals surface area contributed by atoms with Crippen LogP contribution >= 0.6 is 0 Å². The number of hydrogen-bond acceptors (Lipinski definition) is 6. The number of amides is 1. The number of rotatable bonds is 4. The maximum Gasteiger partial charge on any atom is 0.272 e. The molecule has 0 saturated carbocycles. The molecule has 0 bridgehead atoms. The second-order valence-corrected chi connectivity index (χ2v) is 6.48. The van der Waals surface area contributed by atoms with Crippen molar-refractivity contribution in [2.75, 3.05) is 26.2 Å². The molecule has 1 aromatic carbocycles. The monoisotopic (exact) mass is 368 g/mol. The van der Waals surface area contributed by atoms with Crippen LogP contribution in [0.25, 0.3) is 5.69 Å². The zero-order valence-corrected chi connectivity index (χ0v) is 15.0. The van der Waals surface area contributed by atoms with Crippen molar-refractivity contribution in [3.8, 4) is 5.69 Å². The first-order chi connectivity index (χ1) is 13.1. The number of aryl methyl sites for hydroxylation is 1. The largest absolute Gasteiger partial charge is 0.340 e. The predicted molar refractivity (Wildman–Crippen MR) is 96.6 cm³/mol.